The molecule has 0 aromatic carbocycles. The van der Waals surface area contributed by atoms with Gasteiger partial charge in [-0.2, -0.15) is 0 Å². The Bertz CT molecular complexity index is 455. The normalized spacial score (nSPS) is 13.4. The van der Waals surface area contributed by atoms with Crippen LogP contribution in [0.1, 0.15) is 19.8 Å². The molecule has 0 aliphatic carbocycles. The molecule has 0 saturated carbocycles. The third-order valence-electron chi connectivity index (χ3n) is 2.29. The number of hydrogen-bond acceptors (Lipinski definition) is 6. The molecule has 0 spiro atoms. The molecule has 0 radical (unpaired) electrons. The molecule has 0 fully saturated rings. The smallest absolute Gasteiger partial charge is 0.243 e. The third kappa shape index (κ3) is 4.21. The average Bonchev–Trinajstić information content (AvgIpc) is 2.29. The van der Waals surface area contributed by atoms with Crippen LogP contribution in [0.3, 0.4) is 0 Å². The van der Waals surface area contributed by atoms with Crippen molar-refractivity contribution in [3.05, 3.63) is 12.4 Å². The van der Waals surface area contributed by atoms with Gasteiger partial charge in [0.15, 0.2) is 0 Å². The Balaban J connectivity index is 2.82. The second kappa shape index (κ2) is 6.62. The van der Waals surface area contributed by atoms with Crippen molar-refractivity contribution >= 4 is 16.0 Å². The van der Waals surface area contributed by atoms with Gasteiger partial charge in [0.1, 0.15) is 4.90 Å². The van der Waals surface area contributed by atoms with E-state index < -0.39 is 10.0 Å². The van der Waals surface area contributed by atoms with E-state index in [4.69, 9.17) is 10.5 Å². The summed E-state index contributed by atoms with van der Waals surface area (Å²) >= 11 is 0. The molecule has 1 aromatic rings. The lowest BCUT2D eigenvalue weighted by Crippen LogP contribution is -2.38. The summed E-state index contributed by atoms with van der Waals surface area (Å²) in [5, 5.41) is 0. The zero-order valence-corrected chi connectivity index (χ0v) is 11.3. The average molecular weight is 274 g/mol. The SMILES string of the molecule is CCCC(COC)NS(=O)(=O)c1cnc(N)nc1. The molecule has 1 unspecified atom stereocenters. The first kappa shape index (κ1) is 14.8. The molecule has 1 heterocycles. The van der Waals surface area contributed by atoms with E-state index in [1.165, 1.54) is 19.5 Å². The number of methoxy groups -OCH3 is 1. The minimum atomic E-state index is -3.63. The fourth-order valence-corrected chi connectivity index (χ4v) is 2.62. The van der Waals surface area contributed by atoms with E-state index in [-0.39, 0.29) is 16.9 Å². The van der Waals surface area contributed by atoms with Gasteiger partial charge in [0.25, 0.3) is 0 Å². The Morgan fingerprint density at radius 1 is 1.44 bits per heavy atom. The molecule has 1 aromatic heterocycles. The Labute approximate surface area is 107 Å². The lowest BCUT2D eigenvalue weighted by Gasteiger charge is -2.16. The standard InChI is InChI=1S/C10H18N4O3S/c1-3-4-8(7-17-2)14-18(15,16)9-5-12-10(11)13-6-9/h5-6,8,14H,3-4,7H2,1-2H3,(H2,11,12,13). The van der Waals surface area contributed by atoms with Gasteiger partial charge in [-0.05, 0) is 6.42 Å². The number of ether oxygens (including phenoxy) is 1. The Hall–Kier alpha value is -1.25. The number of rotatable bonds is 7. The molecule has 102 valence electrons. The zero-order chi connectivity index (χ0) is 13.6. The highest BCUT2D eigenvalue weighted by Gasteiger charge is 2.20. The maximum Gasteiger partial charge on any atom is 0.243 e. The number of sulfonamides is 1. The van der Waals surface area contributed by atoms with Crippen LogP contribution >= 0.6 is 0 Å². The van der Waals surface area contributed by atoms with Gasteiger partial charge < -0.3 is 10.5 Å². The van der Waals surface area contributed by atoms with E-state index in [0.29, 0.717) is 13.0 Å². The van der Waals surface area contributed by atoms with Gasteiger partial charge in [0.2, 0.25) is 16.0 Å². The summed E-state index contributed by atoms with van der Waals surface area (Å²) < 4.78 is 31.6. The number of aromatic nitrogens is 2. The summed E-state index contributed by atoms with van der Waals surface area (Å²) in [6.07, 6.45) is 3.92. The predicted octanol–water partition coefficient (Wildman–Crippen LogP) is 0.152. The van der Waals surface area contributed by atoms with E-state index >= 15 is 0 Å². The Kier molecular flexibility index (Phi) is 5.45. The van der Waals surface area contributed by atoms with Gasteiger partial charge in [-0.1, -0.05) is 13.3 Å². The molecule has 3 N–H and O–H groups in total. The third-order valence-corrected chi connectivity index (χ3v) is 3.76. The Morgan fingerprint density at radius 2 is 2.06 bits per heavy atom. The number of nitrogens with one attached hydrogen (secondary N) is 1. The molecule has 0 aliphatic heterocycles. The van der Waals surface area contributed by atoms with Crippen LogP contribution in [0.4, 0.5) is 5.95 Å². The van der Waals surface area contributed by atoms with Gasteiger partial charge in [-0.15, -0.1) is 0 Å². The molecule has 0 saturated heterocycles. The predicted molar refractivity (Wildman–Crippen MR) is 67.3 cm³/mol. The van der Waals surface area contributed by atoms with Gasteiger partial charge in [0, 0.05) is 13.2 Å². The summed E-state index contributed by atoms with van der Waals surface area (Å²) in [4.78, 5) is 7.32. The molecule has 7 nitrogen and oxygen atoms in total. The lowest BCUT2D eigenvalue weighted by molar-refractivity contribution is 0.171. The van der Waals surface area contributed by atoms with E-state index in [9.17, 15) is 8.42 Å². The van der Waals surface area contributed by atoms with Gasteiger partial charge in [0.05, 0.1) is 19.0 Å². The van der Waals surface area contributed by atoms with Gasteiger partial charge >= 0.3 is 0 Å². The first-order valence-corrected chi connectivity index (χ1v) is 7.06. The van der Waals surface area contributed by atoms with Crippen LogP contribution in [0.5, 0.6) is 0 Å². The van der Waals surface area contributed by atoms with Crippen molar-refractivity contribution in [1.82, 2.24) is 14.7 Å². The molecule has 0 aliphatic rings. The van der Waals surface area contributed by atoms with E-state index in [0.717, 1.165) is 6.42 Å². The summed E-state index contributed by atoms with van der Waals surface area (Å²) in [5.74, 6) is 0.0379. The maximum absolute atomic E-state index is 12.0. The fourth-order valence-electron chi connectivity index (χ4n) is 1.48. The maximum atomic E-state index is 12.0. The van der Waals surface area contributed by atoms with Crippen LogP contribution in [-0.4, -0.2) is 38.1 Å². The highest BCUT2D eigenvalue weighted by atomic mass is 32.2. The largest absolute Gasteiger partial charge is 0.383 e. The number of anilines is 1. The minimum Gasteiger partial charge on any atom is -0.383 e. The van der Waals surface area contributed by atoms with E-state index in [2.05, 4.69) is 14.7 Å². The quantitative estimate of drug-likeness (QED) is 0.733. The van der Waals surface area contributed by atoms with E-state index in [1.807, 2.05) is 6.92 Å². The lowest BCUT2D eigenvalue weighted by atomic mass is 10.2. The summed E-state index contributed by atoms with van der Waals surface area (Å²) in [7, 11) is -2.10. The summed E-state index contributed by atoms with van der Waals surface area (Å²) in [6, 6.07) is -0.262. The molecule has 8 heteroatoms. The summed E-state index contributed by atoms with van der Waals surface area (Å²) in [5.41, 5.74) is 5.31. The summed E-state index contributed by atoms with van der Waals surface area (Å²) in [6.45, 7) is 2.30. The van der Waals surface area contributed by atoms with Crippen molar-refractivity contribution in [3.63, 3.8) is 0 Å². The second-order valence-electron chi connectivity index (χ2n) is 3.84. The van der Waals surface area contributed by atoms with Gasteiger partial charge in [-0.3, -0.25) is 0 Å². The van der Waals surface area contributed by atoms with Crippen molar-refractivity contribution in [2.75, 3.05) is 19.5 Å². The van der Waals surface area contributed by atoms with Crippen LogP contribution in [0, 0.1) is 0 Å². The number of nitrogens with zero attached hydrogens (tertiary/aromatic N) is 2. The minimum absolute atomic E-state index is 0.00564. The second-order valence-corrected chi connectivity index (χ2v) is 5.55. The molecule has 0 bridgehead atoms. The number of nitrogens with two attached hydrogens (primary N) is 1. The Morgan fingerprint density at radius 3 is 2.56 bits per heavy atom. The first-order valence-electron chi connectivity index (χ1n) is 5.58. The highest BCUT2D eigenvalue weighted by Crippen LogP contribution is 2.09. The van der Waals surface area contributed by atoms with Crippen LogP contribution in [0.15, 0.2) is 17.3 Å². The van der Waals surface area contributed by atoms with Gasteiger partial charge in [-0.25, -0.2) is 23.1 Å². The number of hydrogen-bond donors (Lipinski definition) is 2. The zero-order valence-electron chi connectivity index (χ0n) is 10.5. The topological polar surface area (TPSA) is 107 Å². The van der Waals surface area contributed by atoms with Crippen molar-refractivity contribution in [2.45, 2.75) is 30.7 Å². The van der Waals surface area contributed by atoms with Crippen molar-refractivity contribution in [2.24, 2.45) is 0 Å². The molecule has 1 atom stereocenters. The monoisotopic (exact) mass is 274 g/mol. The van der Waals surface area contributed by atoms with Crippen molar-refractivity contribution < 1.29 is 13.2 Å². The van der Waals surface area contributed by atoms with Crippen LogP contribution in [0.2, 0.25) is 0 Å². The number of nitrogen functional groups attached to an aromatic ring is 1. The van der Waals surface area contributed by atoms with E-state index in [1.54, 1.807) is 0 Å². The molecule has 18 heavy (non-hydrogen) atoms. The van der Waals surface area contributed by atoms with Crippen LogP contribution in [0.25, 0.3) is 0 Å². The van der Waals surface area contributed by atoms with Crippen LogP contribution < -0.4 is 10.5 Å². The van der Waals surface area contributed by atoms with Crippen molar-refractivity contribution in [1.29, 1.82) is 0 Å². The van der Waals surface area contributed by atoms with Crippen LogP contribution in [-0.2, 0) is 14.8 Å². The fraction of sp³-hybridized carbons (Fsp3) is 0.600. The highest BCUT2D eigenvalue weighted by molar-refractivity contribution is 7.89. The molecule has 0 amide bonds. The molecule has 1 rings (SSSR count). The molecular formula is C10H18N4O3S. The van der Waals surface area contributed by atoms with Crippen molar-refractivity contribution in [3.8, 4) is 0 Å². The molecular weight excluding hydrogens is 256 g/mol. The first-order chi connectivity index (χ1) is 8.49.